The largest absolute Gasteiger partial charge is 0.496 e. The van der Waals surface area contributed by atoms with Gasteiger partial charge in [-0.05, 0) is 79.6 Å². The van der Waals surface area contributed by atoms with Crippen LogP contribution in [0.25, 0.3) is 0 Å². The lowest BCUT2D eigenvalue weighted by Gasteiger charge is -2.23. The molecule has 1 atom stereocenters. The predicted octanol–water partition coefficient (Wildman–Crippen LogP) is 5.19. The summed E-state index contributed by atoms with van der Waals surface area (Å²) in [4.78, 5) is 15.1. The molecule has 0 bridgehead atoms. The Morgan fingerprint density at radius 3 is 2.11 bits per heavy atom. The fraction of sp³-hybridized carbons (Fsp3) is 0.519. The summed E-state index contributed by atoms with van der Waals surface area (Å²) in [5.74, 6) is 1.20. The number of hydrogen-bond donors (Lipinski definition) is 1. The average molecular weight is 503 g/mol. The van der Waals surface area contributed by atoms with Gasteiger partial charge in [-0.15, -0.1) is 0 Å². The molecule has 8 heteroatoms. The molecule has 0 unspecified atom stereocenters. The Hall–Kier alpha value is -2.58. The SMILES string of the molecule is COc1ccc(S(=O)(=O)N[C@H](C)c2cc(C(C)C)c(OC)cc2C)cc1C(=O)N1CCCCCC1. The predicted molar refractivity (Wildman–Crippen MR) is 138 cm³/mol. The molecule has 1 amide bonds. The standard InChI is InChI=1S/C27H38N2O5S/c1-18(2)22-17-23(19(3)15-26(22)34-6)20(4)28-35(31,32)21-11-12-25(33-5)24(16-21)27(30)29-13-9-7-8-10-14-29/h11-12,15-18,20,28H,7-10,13-14H2,1-6H3/t20-/m1/s1. The number of ether oxygens (including phenoxy) is 2. The van der Waals surface area contributed by atoms with Crippen LogP contribution in [0.2, 0.25) is 0 Å². The summed E-state index contributed by atoms with van der Waals surface area (Å²) in [6, 6.07) is 7.94. The van der Waals surface area contributed by atoms with Crippen LogP contribution < -0.4 is 14.2 Å². The van der Waals surface area contributed by atoms with E-state index in [0.717, 1.165) is 48.1 Å². The third-order valence-electron chi connectivity index (χ3n) is 6.64. The number of aryl methyl sites for hydroxylation is 1. The number of likely N-dealkylation sites (tertiary alicyclic amines) is 1. The van der Waals surface area contributed by atoms with Gasteiger partial charge in [-0.2, -0.15) is 0 Å². The number of sulfonamides is 1. The average Bonchev–Trinajstić information content (AvgIpc) is 3.12. The minimum atomic E-state index is -3.90. The van der Waals surface area contributed by atoms with E-state index in [1.54, 1.807) is 18.1 Å². The van der Waals surface area contributed by atoms with Crippen LogP contribution in [0, 0.1) is 6.92 Å². The van der Waals surface area contributed by atoms with Crippen molar-refractivity contribution in [2.24, 2.45) is 0 Å². The van der Waals surface area contributed by atoms with E-state index >= 15 is 0 Å². The van der Waals surface area contributed by atoms with Crippen molar-refractivity contribution in [1.82, 2.24) is 9.62 Å². The van der Waals surface area contributed by atoms with E-state index in [-0.39, 0.29) is 22.3 Å². The van der Waals surface area contributed by atoms with Gasteiger partial charge in [0.2, 0.25) is 10.0 Å². The second-order valence-corrected chi connectivity index (χ2v) is 11.2. The van der Waals surface area contributed by atoms with Crippen LogP contribution in [0.4, 0.5) is 0 Å². The van der Waals surface area contributed by atoms with Crippen molar-refractivity contribution in [3.63, 3.8) is 0 Å². The Kier molecular flexibility index (Phi) is 8.83. The minimum absolute atomic E-state index is 0.0403. The first-order valence-corrected chi connectivity index (χ1v) is 13.8. The second-order valence-electron chi connectivity index (χ2n) is 9.52. The van der Waals surface area contributed by atoms with Crippen LogP contribution in [0.1, 0.15) is 85.5 Å². The molecule has 1 fully saturated rings. The van der Waals surface area contributed by atoms with Gasteiger partial charge in [-0.3, -0.25) is 4.79 Å². The van der Waals surface area contributed by atoms with Gasteiger partial charge in [0.1, 0.15) is 11.5 Å². The monoisotopic (exact) mass is 502 g/mol. The molecule has 2 aromatic rings. The fourth-order valence-electron chi connectivity index (χ4n) is 4.64. The van der Waals surface area contributed by atoms with Crippen molar-refractivity contribution in [3.8, 4) is 11.5 Å². The number of rotatable bonds is 8. The molecule has 1 aliphatic heterocycles. The summed E-state index contributed by atoms with van der Waals surface area (Å²) >= 11 is 0. The molecule has 0 saturated carbocycles. The number of amides is 1. The molecule has 7 nitrogen and oxygen atoms in total. The molecule has 1 N–H and O–H groups in total. The minimum Gasteiger partial charge on any atom is -0.496 e. The number of nitrogens with zero attached hydrogens (tertiary/aromatic N) is 1. The molecule has 0 aromatic heterocycles. The zero-order valence-corrected chi connectivity index (χ0v) is 22.5. The maximum Gasteiger partial charge on any atom is 0.257 e. The van der Waals surface area contributed by atoms with Crippen molar-refractivity contribution in [2.75, 3.05) is 27.3 Å². The third kappa shape index (κ3) is 6.16. The third-order valence-corrected chi connectivity index (χ3v) is 8.18. The Balaban J connectivity index is 1.92. The Labute approximate surface area is 209 Å². The molecule has 0 radical (unpaired) electrons. The lowest BCUT2D eigenvalue weighted by atomic mass is 9.94. The van der Waals surface area contributed by atoms with Crippen LogP contribution in [-0.2, 0) is 10.0 Å². The zero-order valence-electron chi connectivity index (χ0n) is 21.7. The molecule has 1 heterocycles. The first-order chi connectivity index (χ1) is 16.6. The first-order valence-electron chi connectivity index (χ1n) is 12.3. The zero-order chi connectivity index (χ0) is 25.8. The summed E-state index contributed by atoms with van der Waals surface area (Å²) in [7, 11) is -0.772. The van der Waals surface area contributed by atoms with Gasteiger partial charge in [0.15, 0.2) is 0 Å². The van der Waals surface area contributed by atoms with Crippen molar-refractivity contribution in [3.05, 3.63) is 52.6 Å². The molecule has 1 saturated heterocycles. The molecule has 2 aromatic carbocycles. The molecule has 35 heavy (non-hydrogen) atoms. The Bertz CT molecular complexity index is 1150. The van der Waals surface area contributed by atoms with Crippen molar-refractivity contribution >= 4 is 15.9 Å². The van der Waals surface area contributed by atoms with Crippen molar-refractivity contribution < 1.29 is 22.7 Å². The molecule has 1 aliphatic rings. The number of hydrogen-bond acceptors (Lipinski definition) is 5. The van der Waals surface area contributed by atoms with Crippen LogP contribution in [0.5, 0.6) is 11.5 Å². The fourth-order valence-corrected chi connectivity index (χ4v) is 5.89. The van der Waals surface area contributed by atoms with E-state index in [0.29, 0.717) is 18.8 Å². The molecule has 3 rings (SSSR count). The maximum atomic E-state index is 13.4. The number of benzene rings is 2. The highest BCUT2D eigenvalue weighted by molar-refractivity contribution is 7.89. The highest BCUT2D eigenvalue weighted by Crippen LogP contribution is 2.33. The summed E-state index contributed by atoms with van der Waals surface area (Å²) < 4.78 is 40.5. The van der Waals surface area contributed by atoms with Crippen LogP contribution >= 0.6 is 0 Å². The van der Waals surface area contributed by atoms with E-state index in [1.165, 1.54) is 19.2 Å². The second kappa shape index (κ2) is 11.4. The number of methoxy groups -OCH3 is 2. The Morgan fingerprint density at radius 1 is 0.914 bits per heavy atom. The smallest absolute Gasteiger partial charge is 0.257 e. The normalized spacial score (nSPS) is 15.6. The summed E-state index contributed by atoms with van der Waals surface area (Å²) in [6.07, 6.45) is 4.09. The van der Waals surface area contributed by atoms with E-state index in [1.807, 2.05) is 26.0 Å². The van der Waals surface area contributed by atoms with Gasteiger partial charge >= 0.3 is 0 Å². The van der Waals surface area contributed by atoms with Crippen molar-refractivity contribution in [1.29, 1.82) is 0 Å². The van der Waals surface area contributed by atoms with Crippen molar-refractivity contribution in [2.45, 2.75) is 70.2 Å². The topological polar surface area (TPSA) is 84.9 Å². The van der Waals surface area contributed by atoms with Gasteiger partial charge in [-0.1, -0.05) is 26.7 Å². The van der Waals surface area contributed by atoms with Gasteiger partial charge in [0, 0.05) is 19.1 Å². The van der Waals surface area contributed by atoms with Crippen LogP contribution in [0.15, 0.2) is 35.2 Å². The van der Waals surface area contributed by atoms with Gasteiger partial charge < -0.3 is 14.4 Å². The summed E-state index contributed by atoms with van der Waals surface area (Å²) in [5, 5.41) is 0. The maximum absolute atomic E-state index is 13.4. The number of nitrogens with one attached hydrogen (secondary N) is 1. The quantitative estimate of drug-likeness (QED) is 0.537. The van der Waals surface area contributed by atoms with Gasteiger partial charge in [0.25, 0.3) is 5.91 Å². The highest BCUT2D eigenvalue weighted by atomic mass is 32.2. The number of carbonyl (C=O) groups is 1. The van der Waals surface area contributed by atoms with Crippen LogP contribution in [-0.4, -0.2) is 46.5 Å². The van der Waals surface area contributed by atoms with Crippen LogP contribution in [0.3, 0.4) is 0 Å². The molecular formula is C27H38N2O5S. The van der Waals surface area contributed by atoms with Gasteiger partial charge in [0.05, 0.1) is 24.7 Å². The summed E-state index contributed by atoms with van der Waals surface area (Å²) in [6.45, 7) is 9.26. The number of carbonyl (C=O) groups excluding carboxylic acids is 1. The van der Waals surface area contributed by atoms with E-state index in [2.05, 4.69) is 18.6 Å². The summed E-state index contributed by atoms with van der Waals surface area (Å²) in [5.41, 5.74) is 3.11. The molecule has 192 valence electrons. The van der Waals surface area contributed by atoms with E-state index in [9.17, 15) is 13.2 Å². The Morgan fingerprint density at radius 2 is 1.54 bits per heavy atom. The lowest BCUT2D eigenvalue weighted by Crippen LogP contribution is -2.32. The molecular weight excluding hydrogens is 464 g/mol. The highest BCUT2D eigenvalue weighted by Gasteiger charge is 2.26. The van der Waals surface area contributed by atoms with E-state index in [4.69, 9.17) is 9.47 Å². The lowest BCUT2D eigenvalue weighted by molar-refractivity contribution is 0.0758. The van der Waals surface area contributed by atoms with E-state index < -0.39 is 16.1 Å². The van der Waals surface area contributed by atoms with Gasteiger partial charge in [-0.25, -0.2) is 13.1 Å². The molecule has 0 spiro atoms. The first kappa shape index (κ1) is 27.0. The molecule has 0 aliphatic carbocycles.